The largest absolute Gasteiger partial charge is 0.343 e. The zero-order valence-corrected chi connectivity index (χ0v) is 16.6. The highest BCUT2D eigenvalue weighted by Gasteiger charge is 2.26. The zero-order valence-electron chi connectivity index (χ0n) is 16.6. The number of amides is 2. The van der Waals surface area contributed by atoms with Crippen molar-refractivity contribution in [1.82, 2.24) is 14.7 Å². The van der Waals surface area contributed by atoms with Crippen molar-refractivity contribution in [2.75, 3.05) is 39.8 Å². The van der Waals surface area contributed by atoms with E-state index in [-0.39, 0.29) is 11.8 Å². The molecule has 3 rings (SSSR count). The van der Waals surface area contributed by atoms with Gasteiger partial charge in [0.1, 0.15) is 0 Å². The van der Waals surface area contributed by atoms with Crippen molar-refractivity contribution < 1.29 is 9.59 Å². The van der Waals surface area contributed by atoms with Crippen LogP contribution in [0.3, 0.4) is 0 Å². The van der Waals surface area contributed by atoms with E-state index in [0.29, 0.717) is 18.9 Å². The van der Waals surface area contributed by atoms with E-state index in [2.05, 4.69) is 42.3 Å². The second kappa shape index (κ2) is 9.88. The normalized spacial score (nSPS) is 20.5. The number of piperidine rings is 1. The molecule has 1 atom stereocenters. The molecule has 5 heteroatoms. The number of hydrogen-bond donors (Lipinski definition) is 0. The molecule has 5 nitrogen and oxygen atoms in total. The fourth-order valence-corrected chi connectivity index (χ4v) is 4.19. The first-order valence-electron chi connectivity index (χ1n) is 10.4. The molecule has 2 aliphatic rings. The van der Waals surface area contributed by atoms with E-state index in [1.165, 1.54) is 5.56 Å². The highest BCUT2D eigenvalue weighted by molar-refractivity contribution is 5.78. The van der Waals surface area contributed by atoms with Crippen molar-refractivity contribution >= 4 is 11.8 Å². The van der Waals surface area contributed by atoms with Crippen LogP contribution in [-0.2, 0) is 16.0 Å². The molecule has 1 aromatic carbocycles. The Morgan fingerprint density at radius 2 is 2.00 bits per heavy atom. The van der Waals surface area contributed by atoms with Gasteiger partial charge in [0.05, 0.1) is 0 Å². The van der Waals surface area contributed by atoms with Crippen LogP contribution in [0.25, 0.3) is 0 Å². The van der Waals surface area contributed by atoms with Gasteiger partial charge < -0.3 is 14.7 Å². The lowest BCUT2D eigenvalue weighted by atomic mass is 10.0. The third kappa shape index (κ3) is 5.80. The first-order valence-corrected chi connectivity index (χ1v) is 10.4. The molecule has 2 saturated heterocycles. The molecule has 0 aliphatic carbocycles. The van der Waals surface area contributed by atoms with Gasteiger partial charge in [0.2, 0.25) is 11.8 Å². The average molecular weight is 372 g/mol. The Labute approximate surface area is 163 Å². The smallest absolute Gasteiger partial charge is 0.222 e. The van der Waals surface area contributed by atoms with Crippen LogP contribution in [0.15, 0.2) is 30.3 Å². The maximum atomic E-state index is 12.6. The summed E-state index contributed by atoms with van der Waals surface area (Å²) in [6.07, 6.45) is 6.28. The van der Waals surface area contributed by atoms with Crippen LogP contribution >= 0.6 is 0 Å². The first-order chi connectivity index (χ1) is 13.1. The molecule has 148 valence electrons. The van der Waals surface area contributed by atoms with Gasteiger partial charge in [0.25, 0.3) is 0 Å². The standard InChI is InChI=1S/C22H33N3O2/c1-23(17-13-19-8-3-2-4-9-19)20-10-5-16-25(18-20)22(27)12-7-15-24-14-6-11-21(24)26/h2-4,8-9,20H,5-7,10-18H2,1H3/t20-/m0/s1. The predicted octanol–water partition coefficient (Wildman–Crippen LogP) is 2.55. The molecular weight excluding hydrogens is 338 g/mol. The van der Waals surface area contributed by atoms with Crippen molar-refractivity contribution in [1.29, 1.82) is 0 Å². The summed E-state index contributed by atoms with van der Waals surface area (Å²) < 4.78 is 0. The molecule has 2 amide bonds. The van der Waals surface area contributed by atoms with E-state index in [0.717, 1.165) is 64.8 Å². The lowest BCUT2D eigenvalue weighted by Gasteiger charge is -2.38. The topological polar surface area (TPSA) is 43.9 Å². The predicted molar refractivity (Wildman–Crippen MR) is 107 cm³/mol. The minimum atomic E-state index is 0.250. The average Bonchev–Trinajstić information content (AvgIpc) is 3.11. The van der Waals surface area contributed by atoms with Crippen molar-refractivity contribution in [3.05, 3.63) is 35.9 Å². The van der Waals surface area contributed by atoms with Crippen LogP contribution in [0.4, 0.5) is 0 Å². The number of likely N-dealkylation sites (tertiary alicyclic amines) is 2. The van der Waals surface area contributed by atoms with E-state index in [9.17, 15) is 9.59 Å². The van der Waals surface area contributed by atoms with Gasteiger partial charge >= 0.3 is 0 Å². The van der Waals surface area contributed by atoms with E-state index >= 15 is 0 Å². The SMILES string of the molecule is CN(CCc1ccccc1)[C@H]1CCCN(C(=O)CCCN2CCCC2=O)C1. The number of nitrogens with zero attached hydrogens (tertiary/aromatic N) is 3. The highest BCUT2D eigenvalue weighted by Crippen LogP contribution is 2.17. The molecule has 0 radical (unpaired) electrons. The summed E-state index contributed by atoms with van der Waals surface area (Å²) in [5, 5.41) is 0. The van der Waals surface area contributed by atoms with Crippen molar-refractivity contribution in [3.63, 3.8) is 0 Å². The van der Waals surface area contributed by atoms with Gasteiger partial charge in [-0.3, -0.25) is 9.59 Å². The Morgan fingerprint density at radius 1 is 1.19 bits per heavy atom. The molecule has 0 bridgehead atoms. The van der Waals surface area contributed by atoms with E-state index in [1.54, 1.807) is 0 Å². The van der Waals surface area contributed by atoms with Crippen LogP contribution in [0.5, 0.6) is 0 Å². The molecular formula is C22H33N3O2. The van der Waals surface area contributed by atoms with Gasteiger partial charge in [-0.05, 0) is 44.7 Å². The number of rotatable bonds is 8. The maximum absolute atomic E-state index is 12.6. The second-order valence-corrected chi connectivity index (χ2v) is 7.94. The quantitative estimate of drug-likeness (QED) is 0.705. The first kappa shape index (κ1) is 19.9. The number of benzene rings is 1. The monoisotopic (exact) mass is 371 g/mol. The van der Waals surface area contributed by atoms with Crippen LogP contribution < -0.4 is 0 Å². The zero-order chi connectivity index (χ0) is 19.1. The van der Waals surface area contributed by atoms with E-state index in [4.69, 9.17) is 0 Å². The number of likely N-dealkylation sites (N-methyl/N-ethyl adjacent to an activating group) is 1. The summed E-state index contributed by atoms with van der Waals surface area (Å²) in [5.74, 6) is 0.503. The molecule has 0 saturated carbocycles. The molecule has 2 heterocycles. The summed E-state index contributed by atoms with van der Waals surface area (Å²) in [6, 6.07) is 11.0. The summed E-state index contributed by atoms with van der Waals surface area (Å²) in [4.78, 5) is 30.6. The molecule has 2 fully saturated rings. The Balaban J connectivity index is 1.39. The molecule has 0 unspecified atom stereocenters. The lowest BCUT2D eigenvalue weighted by Crippen LogP contribution is -2.49. The van der Waals surface area contributed by atoms with E-state index in [1.807, 2.05) is 9.80 Å². The minimum absolute atomic E-state index is 0.250. The summed E-state index contributed by atoms with van der Waals surface area (Å²) >= 11 is 0. The fraction of sp³-hybridized carbons (Fsp3) is 0.636. The third-order valence-electron chi connectivity index (χ3n) is 5.96. The Morgan fingerprint density at radius 3 is 2.74 bits per heavy atom. The van der Waals surface area contributed by atoms with Gasteiger partial charge in [-0.2, -0.15) is 0 Å². The van der Waals surface area contributed by atoms with Crippen molar-refractivity contribution in [3.8, 4) is 0 Å². The van der Waals surface area contributed by atoms with Crippen LogP contribution in [0, 0.1) is 0 Å². The molecule has 1 aromatic rings. The molecule has 2 aliphatic heterocycles. The molecule has 27 heavy (non-hydrogen) atoms. The van der Waals surface area contributed by atoms with Gasteiger partial charge in [0, 0.05) is 51.6 Å². The van der Waals surface area contributed by atoms with Crippen LogP contribution in [-0.4, -0.2) is 72.3 Å². The summed E-state index contributed by atoms with van der Waals surface area (Å²) in [5.41, 5.74) is 1.37. The Kier molecular flexibility index (Phi) is 7.27. The highest BCUT2D eigenvalue weighted by atomic mass is 16.2. The second-order valence-electron chi connectivity index (χ2n) is 7.94. The Bertz CT molecular complexity index is 619. The minimum Gasteiger partial charge on any atom is -0.343 e. The summed E-state index contributed by atoms with van der Waals surface area (Å²) in [7, 11) is 2.18. The molecule has 0 spiro atoms. The van der Waals surface area contributed by atoms with Gasteiger partial charge in [0.15, 0.2) is 0 Å². The van der Waals surface area contributed by atoms with Crippen molar-refractivity contribution in [2.45, 2.75) is 51.0 Å². The summed E-state index contributed by atoms with van der Waals surface area (Å²) in [6.45, 7) is 4.34. The Hall–Kier alpha value is -1.88. The van der Waals surface area contributed by atoms with Gasteiger partial charge in [-0.15, -0.1) is 0 Å². The maximum Gasteiger partial charge on any atom is 0.222 e. The molecule has 0 aromatic heterocycles. The number of carbonyl (C=O) groups is 2. The van der Waals surface area contributed by atoms with Crippen molar-refractivity contribution in [2.24, 2.45) is 0 Å². The van der Waals surface area contributed by atoms with Crippen LogP contribution in [0.2, 0.25) is 0 Å². The molecule has 0 N–H and O–H groups in total. The number of carbonyl (C=O) groups excluding carboxylic acids is 2. The van der Waals surface area contributed by atoms with Gasteiger partial charge in [-0.1, -0.05) is 30.3 Å². The third-order valence-corrected chi connectivity index (χ3v) is 5.96. The van der Waals surface area contributed by atoms with Gasteiger partial charge in [-0.25, -0.2) is 0 Å². The van der Waals surface area contributed by atoms with Crippen LogP contribution in [0.1, 0.15) is 44.1 Å². The number of hydrogen-bond acceptors (Lipinski definition) is 3. The lowest BCUT2D eigenvalue weighted by molar-refractivity contribution is -0.134. The van der Waals surface area contributed by atoms with E-state index < -0.39 is 0 Å². The fourth-order valence-electron chi connectivity index (χ4n) is 4.19.